The van der Waals surface area contributed by atoms with Crippen molar-refractivity contribution in [3.05, 3.63) is 35.9 Å². The fraction of sp³-hybridized carbons (Fsp3) is 0.538. The highest BCUT2D eigenvalue weighted by molar-refractivity contribution is 5.13. The summed E-state index contributed by atoms with van der Waals surface area (Å²) in [4.78, 5) is 2.14. The summed E-state index contributed by atoms with van der Waals surface area (Å²) in [5, 5.41) is 9.78. The molecule has 1 aliphatic rings. The van der Waals surface area contributed by atoms with Gasteiger partial charge in [0, 0.05) is 13.1 Å². The molecule has 0 saturated carbocycles. The zero-order valence-electron chi connectivity index (χ0n) is 9.72. The Labute approximate surface area is 96.6 Å². The second-order valence-electron chi connectivity index (χ2n) is 4.76. The van der Waals surface area contributed by atoms with Crippen LogP contribution < -0.4 is 0 Å². The van der Waals surface area contributed by atoms with E-state index in [1.807, 2.05) is 25.1 Å². The van der Waals surface area contributed by atoms with Gasteiger partial charge in [-0.3, -0.25) is 4.90 Å². The van der Waals surface area contributed by atoms with Crippen LogP contribution in [0.15, 0.2) is 30.3 Å². The first-order chi connectivity index (χ1) is 7.66. The van der Waals surface area contributed by atoms with E-state index in [4.69, 9.17) is 4.74 Å². The van der Waals surface area contributed by atoms with Gasteiger partial charge in [-0.1, -0.05) is 30.3 Å². The largest absolute Gasteiger partial charge is 0.389 e. The number of β-amino-alcohol motifs (C(OH)–C–C–N with tert-alkyl or cyclic N) is 1. The van der Waals surface area contributed by atoms with Gasteiger partial charge in [0.25, 0.3) is 0 Å². The molecule has 0 amide bonds. The fourth-order valence-electron chi connectivity index (χ4n) is 2.02. The summed E-state index contributed by atoms with van der Waals surface area (Å²) in [6.45, 7) is 4.75. The van der Waals surface area contributed by atoms with E-state index in [0.29, 0.717) is 19.9 Å². The number of hydrogen-bond donors (Lipinski definition) is 1. The van der Waals surface area contributed by atoms with E-state index in [0.717, 1.165) is 13.0 Å². The molecule has 1 aromatic rings. The molecule has 0 aromatic heterocycles. The van der Waals surface area contributed by atoms with Gasteiger partial charge in [-0.25, -0.2) is 0 Å². The zero-order valence-corrected chi connectivity index (χ0v) is 9.72. The van der Waals surface area contributed by atoms with Crippen LogP contribution in [0.1, 0.15) is 18.9 Å². The van der Waals surface area contributed by atoms with Crippen LogP contribution in [-0.2, 0) is 11.3 Å². The highest BCUT2D eigenvalue weighted by Gasteiger charge is 2.30. The molecule has 1 atom stereocenters. The van der Waals surface area contributed by atoms with Crippen LogP contribution in [0.2, 0.25) is 0 Å². The van der Waals surface area contributed by atoms with E-state index >= 15 is 0 Å². The van der Waals surface area contributed by atoms with Crippen molar-refractivity contribution in [3.8, 4) is 0 Å². The third-order valence-corrected chi connectivity index (χ3v) is 2.92. The van der Waals surface area contributed by atoms with Crippen molar-refractivity contribution in [2.45, 2.75) is 25.6 Å². The Morgan fingerprint density at radius 1 is 1.38 bits per heavy atom. The Kier molecular flexibility index (Phi) is 3.59. The van der Waals surface area contributed by atoms with Gasteiger partial charge in [-0.15, -0.1) is 0 Å². The van der Waals surface area contributed by atoms with E-state index < -0.39 is 5.60 Å². The number of aliphatic hydroxyl groups is 1. The Morgan fingerprint density at radius 2 is 2.12 bits per heavy atom. The predicted octanol–water partition coefficient (Wildman–Crippen LogP) is 1.62. The van der Waals surface area contributed by atoms with Crippen molar-refractivity contribution >= 4 is 0 Å². The molecule has 3 heteroatoms. The first kappa shape index (κ1) is 11.6. The molecule has 1 aliphatic heterocycles. The second kappa shape index (κ2) is 4.95. The third kappa shape index (κ3) is 3.30. The lowest BCUT2D eigenvalue weighted by molar-refractivity contribution is 0.00878. The Morgan fingerprint density at radius 3 is 2.75 bits per heavy atom. The number of rotatable bonds is 4. The lowest BCUT2D eigenvalue weighted by atomic mass is 10.1. The van der Waals surface area contributed by atoms with Gasteiger partial charge in [-0.2, -0.15) is 0 Å². The first-order valence-corrected chi connectivity index (χ1v) is 5.72. The molecule has 1 N–H and O–H groups in total. The summed E-state index contributed by atoms with van der Waals surface area (Å²) < 4.78 is 5.61. The number of ether oxygens (including phenoxy) is 1. The highest BCUT2D eigenvalue weighted by atomic mass is 16.5. The van der Waals surface area contributed by atoms with Crippen LogP contribution in [0.5, 0.6) is 0 Å². The normalized spacial score (nSPS) is 26.1. The number of likely N-dealkylation sites (tertiary alicyclic amines) is 1. The minimum absolute atomic E-state index is 0.532. The van der Waals surface area contributed by atoms with Crippen molar-refractivity contribution < 1.29 is 9.84 Å². The van der Waals surface area contributed by atoms with Gasteiger partial charge in [0.15, 0.2) is 0 Å². The maximum absolute atomic E-state index is 9.78. The van der Waals surface area contributed by atoms with E-state index in [1.54, 1.807) is 0 Å². The Bertz CT molecular complexity index is 324. The van der Waals surface area contributed by atoms with Crippen LogP contribution in [0.4, 0.5) is 0 Å². The predicted molar refractivity (Wildman–Crippen MR) is 62.9 cm³/mol. The fourth-order valence-corrected chi connectivity index (χ4v) is 2.02. The van der Waals surface area contributed by atoms with Crippen molar-refractivity contribution in [3.63, 3.8) is 0 Å². The Hall–Kier alpha value is -0.900. The molecule has 16 heavy (non-hydrogen) atoms. The van der Waals surface area contributed by atoms with Crippen LogP contribution in [0.3, 0.4) is 0 Å². The molecule has 1 fully saturated rings. The molecule has 1 heterocycles. The minimum atomic E-state index is -0.532. The van der Waals surface area contributed by atoms with Gasteiger partial charge in [0.1, 0.15) is 0 Å². The quantitative estimate of drug-likeness (QED) is 0.838. The van der Waals surface area contributed by atoms with Crippen molar-refractivity contribution in [1.29, 1.82) is 0 Å². The third-order valence-electron chi connectivity index (χ3n) is 2.92. The smallest absolute Gasteiger partial charge is 0.0995 e. The van der Waals surface area contributed by atoms with E-state index in [2.05, 4.69) is 17.0 Å². The number of nitrogens with zero attached hydrogens (tertiary/aromatic N) is 1. The van der Waals surface area contributed by atoms with Crippen LogP contribution in [0, 0.1) is 0 Å². The van der Waals surface area contributed by atoms with E-state index in [-0.39, 0.29) is 0 Å². The van der Waals surface area contributed by atoms with Gasteiger partial charge in [-0.05, 0) is 18.9 Å². The summed E-state index contributed by atoms with van der Waals surface area (Å²) in [7, 11) is 0. The average Bonchev–Trinajstić information content (AvgIpc) is 2.60. The highest BCUT2D eigenvalue weighted by Crippen LogP contribution is 2.19. The van der Waals surface area contributed by atoms with Crippen LogP contribution in [-0.4, -0.2) is 35.4 Å². The minimum Gasteiger partial charge on any atom is -0.389 e. The Balaban J connectivity index is 1.70. The number of benzene rings is 1. The summed E-state index contributed by atoms with van der Waals surface area (Å²) in [6.07, 6.45) is 0.835. The molecule has 2 rings (SSSR count). The van der Waals surface area contributed by atoms with Crippen LogP contribution in [0.25, 0.3) is 0 Å². The summed E-state index contributed by atoms with van der Waals surface area (Å²) in [5.41, 5.74) is 0.657. The molecule has 1 aromatic carbocycles. The lowest BCUT2D eigenvalue weighted by Gasteiger charge is -2.18. The molecule has 88 valence electrons. The maximum atomic E-state index is 9.78. The van der Waals surface area contributed by atoms with Gasteiger partial charge in [0.05, 0.1) is 18.9 Å². The maximum Gasteiger partial charge on any atom is 0.0995 e. The molecule has 0 bridgehead atoms. The zero-order chi connectivity index (χ0) is 11.4. The summed E-state index contributed by atoms with van der Waals surface area (Å²) >= 11 is 0. The van der Waals surface area contributed by atoms with Gasteiger partial charge < -0.3 is 9.84 Å². The van der Waals surface area contributed by atoms with Gasteiger partial charge in [0.2, 0.25) is 0 Å². The SMILES string of the molecule is CC1(O)CCN(COCc2ccccc2)C1. The topological polar surface area (TPSA) is 32.7 Å². The number of hydrogen-bond acceptors (Lipinski definition) is 3. The molecular weight excluding hydrogens is 202 g/mol. The standard InChI is InChI=1S/C13H19NO2/c1-13(15)7-8-14(10-13)11-16-9-12-5-3-2-4-6-12/h2-6,15H,7-11H2,1H3. The first-order valence-electron chi connectivity index (χ1n) is 5.72. The molecule has 0 radical (unpaired) electrons. The molecule has 1 unspecified atom stereocenters. The summed E-state index contributed by atoms with van der Waals surface area (Å²) in [5.74, 6) is 0. The van der Waals surface area contributed by atoms with Crippen molar-refractivity contribution in [2.24, 2.45) is 0 Å². The van der Waals surface area contributed by atoms with E-state index in [9.17, 15) is 5.11 Å². The average molecular weight is 221 g/mol. The molecule has 1 saturated heterocycles. The molecule has 0 aliphatic carbocycles. The van der Waals surface area contributed by atoms with E-state index in [1.165, 1.54) is 5.56 Å². The molecular formula is C13H19NO2. The van der Waals surface area contributed by atoms with Crippen molar-refractivity contribution in [2.75, 3.05) is 19.8 Å². The van der Waals surface area contributed by atoms with Crippen LogP contribution >= 0.6 is 0 Å². The molecule has 3 nitrogen and oxygen atoms in total. The second-order valence-corrected chi connectivity index (χ2v) is 4.76. The van der Waals surface area contributed by atoms with Crippen molar-refractivity contribution in [1.82, 2.24) is 4.90 Å². The molecule has 0 spiro atoms. The summed E-state index contributed by atoms with van der Waals surface area (Å²) in [6, 6.07) is 10.1. The monoisotopic (exact) mass is 221 g/mol. The van der Waals surface area contributed by atoms with Gasteiger partial charge >= 0.3 is 0 Å². The lowest BCUT2D eigenvalue weighted by Crippen LogP contribution is -2.31.